The Morgan fingerprint density at radius 1 is 1.23 bits per heavy atom. The summed E-state index contributed by atoms with van der Waals surface area (Å²) in [6.07, 6.45) is 2.70. The first-order valence-corrected chi connectivity index (χ1v) is 19.1. The SMILES string of the molecule is CCn1c(-c2cccnc2[C@H](C)OC)c2c3nc(ccc31)C1CSC(=N1)C[C@H](NC(=O)OC(C)(C)C)C(=O)N1CCC[C@H](N1)C(=O)OCC(C)(C)C2. The van der Waals surface area contributed by atoms with Crippen molar-refractivity contribution in [3.63, 3.8) is 0 Å². The lowest BCUT2D eigenvalue weighted by atomic mass is 9.85. The number of pyridine rings is 2. The van der Waals surface area contributed by atoms with Crippen molar-refractivity contribution in [1.82, 2.24) is 30.3 Å². The van der Waals surface area contributed by atoms with Crippen molar-refractivity contribution < 1.29 is 28.6 Å². The van der Waals surface area contributed by atoms with E-state index in [1.165, 1.54) is 5.01 Å². The molecule has 6 heterocycles. The van der Waals surface area contributed by atoms with Gasteiger partial charge in [-0.2, -0.15) is 0 Å². The summed E-state index contributed by atoms with van der Waals surface area (Å²) in [5, 5.41) is 4.95. The molecule has 13 nitrogen and oxygen atoms in total. The molecule has 2 amide bonds. The number of nitrogens with one attached hydrogen (secondary N) is 2. The van der Waals surface area contributed by atoms with Crippen LogP contribution in [0.4, 0.5) is 4.79 Å². The van der Waals surface area contributed by atoms with Crippen LogP contribution in [0.25, 0.3) is 22.3 Å². The fourth-order valence-corrected chi connectivity index (χ4v) is 8.14. The quantitative estimate of drug-likeness (QED) is 0.303. The number of fused-ring (bicyclic) bond motifs is 5. The lowest BCUT2D eigenvalue weighted by Gasteiger charge is -2.35. The monoisotopic (exact) mass is 733 g/mol. The summed E-state index contributed by atoms with van der Waals surface area (Å²) >= 11 is 1.56. The standard InChI is InChI=1S/C38H51N7O6S/c1-9-44-29-15-14-25-28-20-52-30(40-28)18-27(42-36(48)51-37(3,4)5)34(46)45-17-11-13-26(43-45)35(47)50-21-38(6,7)19-24(32(29)41-25)33(44)23-12-10-16-39-31(23)22(2)49-8/h10,12,14-16,22,26-28,43H,9,11,13,17-21H2,1-8H3,(H,42,48)/t22-,26-,27-,28?/m0/s1. The topological polar surface area (TPSA) is 149 Å². The third-order valence-electron chi connectivity index (χ3n) is 9.59. The number of hydrogen-bond donors (Lipinski definition) is 2. The van der Waals surface area contributed by atoms with Crippen LogP contribution < -0.4 is 10.7 Å². The first-order valence-electron chi connectivity index (χ1n) is 18.1. The summed E-state index contributed by atoms with van der Waals surface area (Å²) in [6.45, 7) is 14.8. The minimum absolute atomic E-state index is 0.153. The van der Waals surface area contributed by atoms with Crippen molar-refractivity contribution in [3.05, 3.63) is 47.4 Å². The molecule has 3 aliphatic rings. The number of hydrogen-bond acceptors (Lipinski definition) is 11. The second-order valence-electron chi connectivity index (χ2n) is 15.5. The van der Waals surface area contributed by atoms with E-state index in [0.717, 1.165) is 44.3 Å². The highest BCUT2D eigenvalue weighted by molar-refractivity contribution is 8.14. The van der Waals surface area contributed by atoms with Gasteiger partial charge in [-0.3, -0.25) is 24.6 Å². The zero-order valence-electron chi connectivity index (χ0n) is 31.4. The Morgan fingerprint density at radius 2 is 2.02 bits per heavy atom. The first-order chi connectivity index (χ1) is 24.7. The van der Waals surface area contributed by atoms with E-state index >= 15 is 0 Å². The molecule has 6 bridgehead atoms. The Balaban J connectivity index is 1.47. The van der Waals surface area contributed by atoms with Gasteiger partial charge in [-0.05, 0) is 78.1 Å². The maximum absolute atomic E-state index is 14.0. The van der Waals surface area contributed by atoms with Crippen molar-refractivity contribution in [2.24, 2.45) is 10.4 Å². The summed E-state index contributed by atoms with van der Waals surface area (Å²) in [7, 11) is 1.68. The molecule has 6 rings (SSSR count). The van der Waals surface area contributed by atoms with Crippen LogP contribution in [0.2, 0.25) is 0 Å². The van der Waals surface area contributed by atoms with Crippen LogP contribution in [0.1, 0.15) is 96.8 Å². The number of aryl methyl sites for hydroxylation is 1. The summed E-state index contributed by atoms with van der Waals surface area (Å²) in [5.74, 6) is -0.151. The number of amides is 2. The molecular formula is C38H51N7O6S. The minimum atomic E-state index is -0.966. The lowest BCUT2D eigenvalue weighted by Crippen LogP contribution is -2.60. The largest absolute Gasteiger partial charge is 0.464 e. The number of nitrogens with zero attached hydrogens (tertiary/aromatic N) is 5. The molecule has 0 aromatic carbocycles. The Hall–Kier alpha value is -4.01. The van der Waals surface area contributed by atoms with E-state index in [1.54, 1.807) is 45.8 Å². The number of methoxy groups -OCH3 is 1. The van der Waals surface area contributed by atoms with Gasteiger partial charge < -0.3 is 24.1 Å². The van der Waals surface area contributed by atoms with Crippen molar-refractivity contribution in [3.8, 4) is 11.3 Å². The molecule has 0 radical (unpaired) electrons. The Labute approximate surface area is 309 Å². The van der Waals surface area contributed by atoms with E-state index in [2.05, 4.69) is 48.2 Å². The predicted octanol–water partition coefficient (Wildman–Crippen LogP) is 5.92. The highest BCUT2D eigenvalue weighted by Gasteiger charge is 2.37. The van der Waals surface area contributed by atoms with Crippen LogP contribution in [-0.2, 0) is 36.8 Å². The molecule has 1 saturated heterocycles. The molecular weight excluding hydrogens is 683 g/mol. The van der Waals surface area contributed by atoms with Crippen LogP contribution in [0, 0.1) is 5.41 Å². The van der Waals surface area contributed by atoms with Crippen LogP contribution >= 0.6 is 11.8 Å². The van der Waals surface area contributed by atoms with Gasteiger partial charge in [-0.15, -0.1) is 11.8 Å². The number of carbonyl (C=O) groups excluding carboxylic acids is 3. The van der Waals surface area contributed by atoms with Crippen LogP contribution in [0.15, 0.2) is 35.5 Å². The maximum Gasteiger partial charge on any atom is 0.408 e. The number of thioether (sulfide) groups is 1. The van der Waals surface area contributed by atoms with E-state index in [1.807, 2.05) is 19.1 Å². The minimum Gasteiger partial charge on any atom is -0.464 e. The molecule has 3 aromatic heterocycles. The molecule has 3 aliphatic heterocycles. The highest BCUT2D eigenvalue weighted by atomic mass is 32.2. The van der Waals surface area contributed by atoms with Crippen molar-refractivity contribution in [2.75, 3.05) is 26.0 Å². The number of rotatable bonds is 5. The summed E-state index contributed by atoms with van der Waals surface area (Å²) in [5.41, 5.74) is 8.42. The van der Waals surface area contributed by atoms with Gasteiger partial charge in [0.2, 0.25) is 0 Å². The molecule has 1 fully saturated rings. The fourth-order valence-electron chi connectivity index (χ4n) is 7.06. The van der Waals surface area contributed by atoms with Crippen molar-refractivity contribution in [2.45, 2.75) is 111 Å². The van der Waals surface area contributed by atoms with Gasteiger partial charge in [-0.1, -0.05) is 13.8 Å². The molecule has 52 heavy (non-hydrogen) atoms. The molecule has 2 N–H and O–H groups in total. The molecule has 4 atom stereocenters. The molecule has 0 saturated carbocycles. The Morgan fingerprint density at radius 3 is 2.75 bits per heavy atom. The maximum atomic E-state index is 14.0. The summed E-state index contributed by atoms with van der Waals surface area (Å²) < 4.78 is 19.6. The number of cyclic esters (lactones) is 1. The number of ether oxygens (including phenoxy) is 3. The van der Waals surface area contributed by atoms with Crippen LogP contribution in [0.3, 0.4) is 0 Å². The van der Waals surface area contributed by atoms with Crippen LogP contribution in [-0.4, -0.2) is 86.3 Å². The predicted molar refractivity (Wildman–Crippen MR) is 201 cm³/mol. The average molecular weight is 734 g/mol. The van der Waals surface area contributed by atoms with Gasteiger partial charge in [0.15, 0.2) is 0 Å². The average Bonchev–Trinajstić information content (AvgIpc) is 3.70. The third kappa shape index (κ3) is 8.13. The van der Waals surface area contributed by atoms with E-state index in [0.29, 0.717) is 38.1 Å². The molecule has 0 spiro atoms. The van der Waals surface area contributed by atoms with Gasteiger partial charge in [0, 0.05) is 55.1 Å². The number of aliphatic imine (C=N–C) groups is 1. The van der Waals surface area contributed by atoms with Crippen molar-refractivity contribution in [1.29, 1.82) is 0 Å². The van der Waals surface area contributed by atoms with Gasteiger partial charge in [0.25, 0.3) is 5.91 Å². The van der Waals surface area contributed by atoms with E-state index < -0.39 is 35.2 Å². The summed E-state index contributed by atoms with van der Waals surface area (Å²) in [4.78, 5) is 55.7. The number of carbonyl (C=O) groups is 3. The van der Waals surface area contributed by atoms with Gasteiger partial charge >= 0.3 is 12.1 Å². The second kappa shape index (κ2) is 15.2. The van der Waals surface area contributed by atoms with Gasteiger partial charge in [0.1, 0.15) is 23.7 Å². The van der Waals surface area contributed by atoms with Crippen LogP contribution in [0.5, 0.6) is 0 Å². The first kappa shape index (κ1) is 37.7. The Bertz CT molecular complexity index is 1870. The number of aromatic nitrogens is 3. The van der Waals surface area contributed by atoms with Gasteiger partial charge in [0.05, 0.1) is 45.9 Å². The molecule has 14 heteroatoms. The normalized spacial score (nSPS) is 23.1. The zero-order chi connectivity index (χ0) is 37.4. The number of esters is 1. The molecule has 1 unspecified atom stereocenters. The van der Waals surface area contributed by atoms with E-state index in [4.69, 9.17) is 29.2 Å². The Kier molecular flexibility index (Phi) is 11.0. The number of hydrazine groups is 1. The third-order valence-corrected chi connectivity index (χ3v) is 10.7. The summed E-state index contributed by atoms with van der Waals surface area (Å²) in [6, 6.07) is 6.26. The van der Waals surface area contributed by atoms with Gasteiger partial charge in [-0.25, -0.2) is 15.2 Å². The highest BCUT2D eigenvalue weighted by Crippen LogP contribution is 2.41. The molecule has 280 valence electrons. The molecule has 0 aliphatic carbocycles. The number of alkyl carbamates (subject to hydrolysis) is 1. The van der Waals surface area contributed by atoms with Crippen molar-refractivity contribution >= 4 is 45.8 Å². The lowest BCUT2D eigenvalue weighted by molar-refractivity contribution is -0.155. The van der Waals surface area contributed by atoms with E-state index in [-0.39, 0.29) is 31.1 Å². The molecule has 3 aromatic rings. The zero-order valence-corrected chi connectivity index (χ0v) is 32.3. The smallest absolute Gasteiger partial charge is 0.408 e. The second-order valence-corrected chi connectivity index (χ2v) is 16.6. The van der Waals surface area contributed by atoms with E-state index in [9.17, 15) is 14.4 Å². The fraction of sp³-hybridized carbons (Fsp3) is 0.579.